The summed E-state index contributed by atoms with van der Waals surface area (Å²) in [5.41, 5.74) is 2.72. The van der Waals surface area contributed by atoms with Gasteiger partial charge in [0, 0.05) is 29.2 Å². The number of hydrogen-bond donors (Lipinski definition) is 2. The molecule has 1 amide bonds. The van der Waals surface area contributed by atoms with Gasteiger partial charge in [0.1, 0.15) is 5.82 Å². The number of rotatable bonds is 7. The van der Waals surface area contributed by atoms with Crippen LogP contribution in [0, 0.1) is 29.8 Å². The average Bonchev–Trinajstić information content (AvgIpc) is 3.18. The van der Waals surface area contributed by atoms with Crippen molar-refractivity contribution < 1.29 is 14.1 Å². The van der Waals surface area contributed by atoms with Crippen molar-refractivity contribution in [2.24, 2.45) is 0 Å². The lowest BCUT2D eigenvalue weighted by Crippen LogP contribution is -2.15. The highest BCUT2D eigenvalue weighted by atomic mass is 32.2. The fraction of sp³-hybridized carbons (Fsp3) is 0.143. The monoisotopic (exact) mass is 467 g/mol. The molecule has 2 aromatic heterocycles. The van der Waals surface area contributed by atoms with Crippen LogP contribution in [0.2, 0.25) is 0 Å². The SMILES string of the molecule is Cc1cc(C)n2c(SCC(=O)Nc3cc([N+](=O)[O-])ccc3Nc3ccc(F)cc3)nnc2n1. The average molecular weight is 467 g/mol. The number of carbonyl (C=O) groups is 1. The van der Waals surface area contributed by atoms with E-state index < -0.39 is 16.6 Å². The molecule has 2 heterocycles. The number of aryl methyl sites for hydroxylation is 2. The summed E-state index contributed by atoms with van der Waals surface area (Å²) >= 11 is 1.17. The van der Waals surface area contributed by atoms with E-state index in [0.29, 0.717) is 22.3 Å². The van der Waals surface area contributed by atoms with Crippen molar-refractivity contribution in [2.75, 3.05) is 16.4 Å². The van der Waals surface area contributed by atoms with Crippen molar-refractivity contribution in [3.8, 4) is 0 Å². The number of non-ortho nitro benzene ring substituents is 1. The number of nitro benzene ring substituents is 1. The van der Waals surface area contributed by atoms with Gasteiger partial charge in [-0.15, -0.1) is 10.2 Å². The summed E-state index contributed by atoms with van der Waals surface area (Å²) in [6.45, 7) is 3.75. The van der Waals surface area contributed by atoms with Crippen molar-refractivity contribution >= 4 is 46.2 Å². The maximum absolute atomic E-state index is 13.2. The van der Waals surface area contributed by atoms with Crippen LogP contribution in [0.1, 0.15) is 11.4 Å². The van der Waals surface area contributed by atoms with Crippen LogP contribution in [0.15, 0.2) is 53.7 Å². The molecule has 2 aromatic carbocycles. The van der Waals surface area contributed by atoms with Crippen molar-refractivity contribution in [3.63, 3.8) is 0 Å². The Balaban J connectivity index is 1.52. The predicted molar refractivity (Wildman–Crippen MR) is 122 cm³/mol. The first-order valence-corrected chi connectivity index (χ1v) is 10.7. The van der Waals surface area contributed by atoms with E-state index in [2.05, 4.69) is 25.8 Å². The van der Waals surface area contributed by atoms with E-state index in [1.165, 1.54) is 54.2 Å². The third-order valence-corrected chi connectivity index (χ3v) is 5.54. The second-order valence-corrected chi connectivity index (χ2v) is 8.06. The molecule has 0 aliphatic carbocycles. The molecule has 2 N–H and O–H groups in total. The van der Waals surface area contributed by atoms with Crippen molar-refractivity contribution in [2.45, 2.75) is 19.0 Å². The van der Waals surface area contributed by atoms with Crippen LogP contribution in [0.5, 0.6) is 0 Å². The quantitative estimate of drug-likeness (QED) is 0.234. The molecular weight excluding hydrogens is 449 g/mol. The maximum Gasteiger partial charge on any atom is 0.271 e. The van der Waals surface area contributed by atoms with Gasteiger partial charge >= 0.3 is 0 Å². The molecule has 0 fully saturated rings. The molecule has 0 aliphatic heterocycles. The van der Waals surface area contributed by atoms with Crippen molar-refractivity contribution in [3.05, 3.63) is 75.9 Å². The summed E-state index contributed by atoms with van der Waals surface area (Å²) in [4.78, 5) is 27.6. The van der Waals surface area contributed by atoms with E-state index in [9.17, 15) is 19.3 Å². The molecule has 0 bridgehead atoms. The summed E-state index contributed by atoms with van der Waals surface area (Å²) in [5.74, 6) is -0.347. The second-order valence-electron chi connectivity index (χ2n) is 7.11. The third-order valence-electron chi connectivity index (χ3n) is 4.61. The normalized spacial score (nSPS) is 10.9. The topological polar surface area (TPSA) is 127 Å². The van der Waals surface area contributed by atoms with Gasteiger partial charge < -0.3 is 10.6 Å². The largest absolute Gasteiger partial charge is 0.354 e. The predicted octanol–water partition coefficient (Wildman–Crippen LogP) is 4.26. The summed E-state index contributed by atoms with van der Waals surface area (Å²) in [6.07, 6.45) is 0. The van der Waals surface area contributed by atoms with E-state index in [4.69, 9.17) is 0 Å². The van der Waals surface area contributed by atoms with Gasteiger partial charge in [-0.3, -0.25) is 19.3 Å². The number of hydrogen-bond acceptors (Lipinski definition) is 8. The fourth-order valence-corrected chi connectivity index (χ4v) is 3.94. The van der Waals surface area contributed by atoms with Crippen LogP contribution in [0.4, 0.5) is 27.1 Å². The number of carbonyl (C=O) groups excluding carboxylic acids is 1. The minimum atomic E-state index is -0.549. The molecule has 0 atom stereocenters. The Bertz CT molecular complexity index is 1360. The highest BCUT2D eigenvalue weighted by Crippen LogP contribution is 2.30. The minimum absolute atomic E-state index is 0.00715. The summed E-state index contributed by atoms with van der Waals surface area (Å²) < 4.78 is 14.9. The van der Waals surface area contributed by atoms with E-state index in [1.807, 2.05) is 19.9 Å². The number of halogens is 1. The lowest BCUT2D eigenvalue weighted by Gasteiger charge is -2.13. The van der Waals surface area contributed by atoms with Gasteiger partial charge in [0.15, 0.2) is 5.16 Å². The minimum Gasteiger partial charge on any atom is -0.354 e. The molecule has 4 aromatic rings. The number of nitro groups is 1. The Labute approximate surface area is 191 Å². The van der Waals surface area contributed by atoms with E-state index in [-0.39, 0.29) is 17.1 Å². The van der Waals surface area contributed by atoms with E-state index in [0.717, 1.165) is 11.4 Å². The zero-order valence-corrected chi connectivity index (χ0v) is 18.4. The first-order chi connectivity index (χ1) is 15.8. The Morgan fingerprint density at radius 2 is 1.88 bits per heavy atom. The van der Waals surface area contributed by atoms with Crippen LogP contribution in [-0.4, -0.2) is 36.2 Å². The molecule has 0 radical (unpaired) electrons. The number of nitrogens with zero attached hydrogens (tertiary/aromatic N) is 5. The zero-order chi connectivity index (χ0) is 23.5. The van der Waals surface area contributed by atoms with Gasteiger partial charge in [-0.05, 0) is 50.2 Å². The molecule has 10 nitrogen and oxygen atoms in total. The van der Waals surface area contributed by atoms with Crippen LogP contribution in [0.3, 0.4) is 0 Å². The number of anilines is 3. The van der Waals surface area contributed by atoms with Crippen molar-refractivity contribution in [1.82, 2.24) is 19.6 Å². The van der Waals surface area contributed by atoms with Gasteiger partial charge in [0.25, 0.3) is 11.5 Å². The molecule has 4 rings (SSSR count). The molecule has 168 valence electrons. The van der Waals surface area contributed by atoms with Gasteiger partial charge in [0.2, 0.25) is 5.91 Å². The molecule has 33 heavy (non-hydrogen) atoms. The molecule has 0 saturated carbocycles. The standard InChI is InChI=1S/C21H18FN7O3S/c1-12-9-13(2)28-20(23-12)26-27-21(28)33-11-19(30)25-18-10-16(29(31)32)7-8-17(18)24-15-5-3-14(22)4-6-15/h3-10,24H,11H2,1-2H3,(H,25,30). The second kappa shape index (κ2) is 9.20. The smallest absolute Gasteiger partial charge is 0.271 e. The molecule has 0 spiro atoms. The van der Waals surface area contributed by atoms with Crippen molar-refractivity contribution in [1.29, 1.82) is 0 Å². The Hall–Kier alpha value is -4.06. The third kappa shape index (κ3) is 5.06. The Kier molecular flexibility index (Phi) is 6.18. The molecule has 0 saturated heterocycles. The lowest BCUT2D eigenvalue weighted by molar-refractivity contribution is -0.384. The van der Waals surface area contributed by atoms with Crippen LogP contribution in [-0.2, 0) is 4.79 Å². The Morgan fingerprint density at radius 1 is 1.12 bits per heavy atom. The number of thioether (sulfide) groups is 1. The highest BCUT2D eigenvalue weighted by molar-refractivity contribution is 7.99. The van der Waals surface area contributed by atoms with Crippen LogP contribution in [0.25, 0.3) is 5.78 Å². The molecular formula is C21H18FN7O3S. The highest BCUT2D eigenvalue weighted by Gasteiger charge is 2.16. The first kappa shape index (κ1) is 22.1. The molecule has 0 unspecified atom stereocenters. The summed E-state index contributed by atoms with van der Waals surface area (Å²) in [5, 5.41) is 25.6. The van der Waals surface area contributed by atoms with E-state index in [1.54, 1.807) is 4.40 Å². The number of benzene rings is 2. The van der Waals surface area contributed by atoms with Gasteiger partial charge in [-0.1, -0.05) is 11.8 Å². The Morgan fingerprint density at radius 3 is 2.61 bits per heavy atom. The summed E-state index contributed by atoms with van der Waals surface area (Å²) in [7, 11) is 0. The molecule has 12 heteroatoms. The fourth-order valence-electron chi connectivity index (χ4n) is 3.16. The zero-order valence-electron chi connectivity index (χ0n) is 17.6. The maximum atomic E-state index is 13.2. The van der Waals surface area contributed by atoms with Gasteiger partial charge in [-0.25, -0.2) is 9.37 Å². The number of amides is 1. The number of nitrogens with one attached hydrogen (secondary N) is 2. The number of aromatic nitrogens is 4. The molecule has 0 aliphatic rings. The van der Waals surface area contributed by atoms with Gasteiger partial charge in [-0.2, -0.15) is 0 Å². The van der Waals surface area contributed by atoms with E-state index >= 15 is 0 Å². The lowest BCUT2D eigenvalue weighted by atomic mass is 10.2. The van der Waals surface area contributed by atoms with Crippen LogP contribution < -0.4 is 10.6 Å². The number of fused-ring (bicyclic) bond motifs is 1. The first-order valence-electron chi connectivity index (χ1n) is 9.73. The van der Waals surface area contributed by atoms with Crippen LogP contribution >= 0.6 is 11.8 Å². The summed E-state index contributed by atoms with van der Waals surface area (Å²) in [6, 6.07) is 11.5. The van der Waals surface area contributed by atoms with Gasteiger partial charge in [0.05, 0.1) is 22.1 Å².